The van der Waals surface area contributed by atoms with Crippen molar-refractivity contribution in [3.8, 4) is 11.5 Å². The molecule has 0 radical (unpaired) electrons. The van der Waals surface area contributed by atoms with Crippen LogP contribution in [-0.4, -0.2) is 29.4 Å². The molecule has 1 heterocycles. The highest BCUT2D eigenvalue weighted by Gasteiger charge is 2.30. The summed E-state index contributed by atoms with van der Waals surface area (Å²) in [6.45, 7) is 0.563. The fraction of sp³-hybridized carbons (Fsp3) is 0.222. The van der Waals surface area contributed by atoms with Crippen LogP contribution in [0.25, 0.3) is 22.6 Å². The lowest BCUT2D eigenvalue weighted by atomic mass is 10.1. The quantitative estimate of drug-likeness (QED) is 0.657. The van der Waals surface area contributed by atoms with Crippen LogP contribution in [0.3, 0.4) is 0 Å². The van der Waals surface area contributed by atoms with Crippen LogP contribution in [0, 0.1) is 0 Å². The minimum Gasteiger partial charge on any atom is -0.436 e. The molecule has 26 heavy (non-hydrogen) atoms. The van der Waals surface area contributed by atoms with Crippen molar-refractivity contribution in [2.45, 2.75) is 6.18 Å². The minimum absolute atomic E-state index is 0.202. The molecule has 2 aromatic carbocycles. The summed E-state index contributed by atoms with van der Waals surface area (Å²) in [7, 11) is 0. The average molecular weight is 380 g/mol. The molecule has 0 bridgehead atoms. The number of nitrogens with one attached hydrogen (secondary N) is 1. The van der Waals surface area contributed by atoms with Gasteiger partial charge >= 0.3 is 6.18 Å². The third kappa shape index (κ3) is 4.01. The summed E-state index contributed by atoms with van der Waals surface area (Å²) < 4.78 is 43.5. The van der Waals surface area contributed by atoms with Gasteiger partial charge in [0, 0.05) is 23.4 Å². The van der Waals surface area contributed by atoms with E-state index in [1.165, 1.54) is 12.1 Å². The molecular formula is C18H15F3N2O2S. The topological polar surface area (TPSA) is 55.1 Å². The highest BCUT2D eigenvalue weighted by molar-refractivity contribution is 7.98. The van der Waals surface area contributed by atoms with Gasteiger partial charge in [0.15, 0.2) is 5.58 Å². The summed E-state index contributed by atoms with van der Waals surface area (Å²) >= 11 is 1.63. The van der Waals surface area contributed by atoms with Crippen molar-refractivity contribution < 1.29 is 22.4 Å². The van der Waals surface area contributed by atoms with Crippen molar-refractivity contribution in [2.24, 2.45) is 0 Å². The molecule has 1 N–H and O–H groups in total. The van der Waals surface area contributed by atoms with E-state index in [4.69, 9.17) is 4.42 Å². The predicted octanol–water partition coefficient (Wildman–Crippen LogP) is 4.61. The Labute approximate surface area is 151 Å². The number of amides is 1. The normalized spacial score (nSPS) is 11.7. The summed E-state index contributed by atoms with van der Waals surface area (Å²) in [4.78, 5) is 16.4. The molecule has 4 nitrogen and oxygen atoms in total. The number of benzene rings is 2. The maximum Gasteiger partial charge on any atom is 0.416 e. The largest absolute Gasteiger partial charge is 0.436 e. The fourth-order valence-corrected chi connectivity index (χ4v) is 2.67. The Bertz CT molecular complexity index is 920. The van der Waals surface area contributed by atoms with Gasteiger partial charge in [-0.25, -0.2) is 4.98 Å². The number of hydrogen-bond donors (Lipinski definition) is 1. The summed E-state index contributed by atoms with van der Waals surface area (Å²) in [6.07, 6.45) is -2.44. The number of fused-ring (bicyclic) bond motifs is 1. The Morgan fingerprint density at radius 2 is 1.92 bits per heavy atom. The Balaban J connectivity index is 1.84. The van der Waals surface area contributed by atoms with Crippen LogP contribution in [0.15, 0.2) is 46.9 Å². The standard InChI is InChI=1S/C18H15F3N2O2S/c1-26-9-8-22-16(24)12-4-7-15-14(10-12)23-17(25-15)11-2-5-13(6-3-11)18(19,20)21/h2-7,10H,8-9H2,1H3,(H,22,24). The molecular weight excluding hydrogens is 365 g/mol. The summed E-state index contributed by atoms with van der Waals surface area (Å²) in [5.74, 6) is 0.810. The summed E-state index contributed by atoms with van der Waals surface area (Å²) in [5.41, 5.74) is 1.07. The molecule has 0 fully saturated rings. The smallest absolute Gasteiger partial charge is 0.416 e. The van der Waals surface area contributed by atoms with E-state index in [1.54, 1.807) is 30.0 Å². The van der Waals surface area contributed by atoms with Gasteiger partial charge in [-0.3, -0.25) is 4.79 Å². The number of carbonyl (C=O) groups is 1. The van der Waals surface area contributed by atoms with Crippen LogP contribution in [-0.2, 0) is 6.18 Å². The molecule has 1 amide bonds. The van der Waals surface area contributed by atoms with Gasteiger partial charge in [0.1, 0.15) is 5.52 Å². The number of alkyl halides is 3. The molecule has 0 aliphatic carbocycles. The Morgan fingerprint density at radius 1 is 1.19 bits per heavy atom. The highest BCUT2D eigenvalue weighted by Crippen LogP contribution is 2.31. The first-order valence-corrected chi connectivity index (χ1v) is 9.13. The lowest BCUT2D eigenvalue weighted by molar-refractivity contribution is -0.137. The summed E-state index contributed by atoms with van der Waals surface area (Å²) in [6, 6.07) is 9.43. The van der Waals surface area contributed by atoms with E-state index < -0.39 is 11.7 Å². The van der Waals surface area contributed by atoms with Crippen molar-refractivity contribution in [1.82, 2.24) is 10.3 Å². The fourth-order valence-electron chi connectivity index (χ4n) is 2.36. The van der Waals surface area contributed by atoms with E-state index in [0.29, 0.717) is 28.8 Å². The van der Waals surface area contributed by atoms with Crippen LogP contribution in [0.2, 0.25) is 0 Å². The average Bonchev–Trinajstić information content (AvgIpc) is 3.04. The molecule has 0 atom stereocenters. The van der Waals surface area contributed by atoms with Crippen LogP contribution in [0.5, 0.6) is 0 Å². The van der Waals surface area contributed by atoms with E-state index in [2.05, 4.69) is 10.3 Å². The van der Waals surface area contributed by atoms with Crippen molar-refractivity contribution in [2.75, 3.05) is 18.6 Å². The number of halogens is 3. The number of nitrogens with zero attached hydrogens (tertiary/aromatic N) is 1. The number of aromatic nitrogens is 1. The molecule has 0 saturated carbocycles. The second-order valence-corrected chi connectivity index (χ2v) is 6.51. The number of rotatable bonds is 5. The van der Waals surface area contributed by atoms with E-state index in [9.17, 15) is 18.0 Å². The van der Waals surface area contributed by atoms with Crippen molar-refractivity contribution in [3.05, 3.63) is 53.6 Å². The van der Waals surface area contributed by atoms with Gasteiger partial charge in [-0.05, 0) is 48.7 Å². The third-order valence-corrected chi connectivity index (χ3v) is 4.31. The first kappa shape index (κ1) is 18.3. The Kier molecular flexibility index (Phi) is 5.22. The van der Waals surface area contributed by atoms with E-state index >= 15 is 0 Å². The first-order valence-electron chi connectivity index (χ1n) is 7.74. The zero-order chi connectivity index (χ0) is 18.7. The maximum absolute atomic E-state index is 12.6. The van der Waals surface area contributed by atoms with E-state index in [0.717, 1.165) is 17.9 Å². The lowest BCUT2D eigenvalue weighted by Crippen LogP contribution is -2.25. The zero-order valence-electron chi connectivity index (χ0n) is 13.8. The first-order chi connectivity index (χ1) is 12.4. The predicted molar refractivity (Wildman–Crippen MR) is 95.2 cm³/mol. The van der Waals surface area contributed by atoms with Gasteiger partial charge < -0.3 is 9.73 Å². The van der Waals surface area contributed by atoms with Gasteiger partial charge in [-0.1, -0.05) is 0 Å². The van der Waals surface area contributed by atoms with E-state index in [1.807, 2.05) is 6.26 Å². The monoisotopic (exact) mass is 380 g/mol. The third-order valence-electron chi connectivity index (χ3n) is 3.70. The minimum atomic E-state index is -4.39. The second-order valence-electron chi connectivity index (χ2n) is 5.53. The molecule has 8 heteroatoms. The molecule has 136 valence electrons. The number of hydrogen-bond acceptors (Lipinski definition) is 4. The molecule has 0 aliphatic rings. The van der Waals surface area contributed by atoms with Crippen molar-refractivity contribution in [1.29, 1.82) is 0 Å². The molecule has 0 unspecified atom stereocenters. The number of carbonyl (C=O) groups excluding carboxylic acids is 1. The van der Waals surface area contributed by atoms with Gasteiger partial charge in [-0.2, -0.15) is 24.9 Å². The molecule has 0 aliphatic heterocycles. The van der Waals surface area contributed by atoms with Gasteiger partial charge in [0.05, 0.1) is 5.56 Å². The lowest BCUT2D eigenvalue weighted by Gasteiger charge is -2.05. The maximum atomic E-state index is 12.6. The number of thioether (sulfide) groups is 1. The van der Waals surface area contributed by atoms with Crippen LogP contribution < -0.4 is 5.32 Å². The molecule has 0 spiro atoms. The van der Waals surface area contributed by atoms with Gasteiger partial charge in [-0.15, -0.1) is 0 Å². The second kappa shape index (κ2) is 7.41. The highest BCUT2D eigenvalue weighted by atomic mass is 32.2. The number of oxazole rings is 1. The van der Waals surface area contributed by atoms with Crippen LogP contribution >= 0.6 is 11.8 Å². The molecule has 3 rings (SSSR count). The van der Waals surface area contributed by atoms with Crippen LogP contribution in [0.4, 0.5) is 13.2 Å². The summed E-state index contributed by atoms with van der Waals surface area (Å²) in [5, 5.41) is 2.80. The van der Waals surface area contributed by atoms with E-state index in [-0.39, 0.29) is 11.8 Å². The van der Waals surface area contributed by atoms with Gasteiger partial charge in [0.25, 0.3) is 5.91 Å². The van der Waals surface area contributed by atoms with Crippen molar-refractivity contribution >= 4 is 28.8 Å². The zero-order valence-corrected chi connectivity index (χ0v) is 14.6. The van der Waals surface area contributed by atoms with Gasteiger partial charge in [0.2, 0.25) is 5.89 Å². The van der Waals surface area contributed by atoms with Crippen molar-refractivity contribution in [3.63, 3.8) is 0 Å². The van der Waals surface area contributed by atoms with Crippen LogP contribution in [0.1, 0.15) is 15.9 Å². The SMILES string of the molecule is CSCCNC(=O)c1ccc2oc(-c3ccc(C(F)(F)F)cc3)nc2c1. The molecule has 1 aromatic heterocycles. The Morgan fingerprint density at radius 3 is 2.58 bits per heavy atom. The Hall–Kier alpha value is -2.48. The molecule has 0 saturated heterocycles. The molecule has 3 aromatic rings.